The summed E-state index contributed by atoms with van der Waals surface area (Å²) in [4.78, 5) is 16.8. The molecule has 1 unspecified atom stereocenters. The summed E-state index contributed by atoms with van der Waals surface area (Å²) in [6.45, 7) is 1.71. The lowest BCUT2D eigenvalue weighted by Crippen LogP contribution is -2.40. The minimum absolute atomic E-state index is 0.102. The van der Waals surface area contributed by atoms with Gasteiger partial charge in [-0.3, -0.25) is 9.36 Å². The summed E-state index contributed by atoms with van der Waals surface area (Å²) < 4.78 is 7.40. The van der Waals surface area contributed by atoms with Gasteiger partial charge in [-0.25, -0.2) is 4.98 Å². The van der Waals surface area contributed by atoms with Gasteiger partial charge >= 0.3 is 0 Å². The third-order valence-electron chi connectivity index (χ3n) is 3.27. The Hall–Kier alpha value is -1.23. The van der Waals surface area contributed by atoms with Crippen molar-refractivity contribution in [1.29, 1.82) is 0 Å². The second kappa shape index (κ2) is 7.36. The second-order valence-electron chi connectivity index (χ2n) is 5.13. The number of imidazole rings is 1. The number of hydrogen-bond donors (Lipinski definition) is 0. The zero-order valence-corrected chi connectivity index (χ0v) is 14.1. The molecule has 1 aromatic carbocycles. The van der Waals surface area contributed by atoms with Crippen LogP contribution in [0.25, 0.3) is 0 Å². The van der Waals surface area contributed by atoms with Gasteiger partial charge in [-0.2, -0.15) is 0 Å². The van der Waals surface area contributed by atoms with Gasteiger partial charge in [0.2, 0.25) is 12.0 Å². The fourth-order valence-corrected chi connectivity index (χ4v) is 2.44. The van der Waals surface area contributed by atoms with Crippen LogP contribution >= 0.6 is 34.8 Å². The number of hydrogen-bond acceptors (Lipinski definition) is 3. The van der Waals surface area contributed by atoms with E-state index in [1.807, 2.05) is 0 Å². The Morgan fingerprint density at radius 3 is 2.45 bits per heavy atom. The predicted molar refractivity (Wildman–Crippen MR) is 87.9 cm³/mol. The van der Waals surface area contributed by atoms with Crippen molar-refractivity contribution in [3.05, 3.63) is 48.0 Å². The van der Waals surface area contributed by atoms with E-state index in [0.717, 1.165) is 0 Å². The molecule has 7 heteroatoms. The van der Waals surface area contributed by atoms with Gasteiger partial charge in [-0.05, 0) is 24.3 Å². The van der Waals surface area contributed by atoms with Crippen LogP contribution in [0.5, 0.6) is 5.75 Å². The van der Waals surface area contributed by atoms with Gasteiger partial charge in [-0.15, -0.1) is 23.2 Å². The number of aromatic nitrogens is 2. The molecule has 0 aliphatic carbocycles. The fraction of sp³-hybridized carbons (Fsp3) is 0.333. The van der Waals surface area contributed by atoms with Crippen LogP contribution in [0.15, 0.2) is 43.0 Å². The first-order valence-corrected chi connectivity index (χ1v) is 8.01. The number of benzene rings is 1. The average Bonchev–Trinajstić information content (AvgIpc) is 3.07. The number of carbonyl (C=O) groups excluding carboxylic acids is 1. The summed E-state index contributed by atoms with van der Waals surface area (Å²) in [6, 6.07) is 6.76. The van der Waals surface area contributed by atoms with Crippen molar-refractivity contribution in [3.63, 3.8) is 0 Å². The quantitative estimate of drug-likeness (QED) is 0.695. The highest BCUT2D eigenvalue weighted by Gasteiger charge is 2.39. The van der Waals surface area contributed by atoms with Gasteiger partial charge in [0, 0.05) is 29.2 Å². The van der Waals surface area contributed by atoms with E-state index in [-0.39, 0.29) is 17.5 Å². The molecule has 0 aliphatic rings. The first kappa shape index (κ1) is 17.1. The molecule has 118 valence electrons. The fourth-order valence-electron chi connectivity index (χ4n) is 1.77. The molecule has 1 atom stereocenters. The van der Waals surface area contributed by atoms with Crippen molar-refractivity contribution in [1.82, 2.24) is 9.55 Å². The number of carbonyl (C=O) groups is 1. The minimum atomic E-state index is -0.898. The zero-order valence-electron chi connectivity index (χ0n) is 11.9. The summed E-state index contributed by atoms with van der Waals surface area (Å²) in [5.74, 6) is 0.503. The van der Waals surface area contributed by atoms with E-state index in [4.69, 9.17) is 39.5 Å². The van der Waals surface area contributed by atoms with Crippen molar-refractivity contribution >= 4 is 40.6 Å². The molecular weight excluding hydrogens is 347 g/mol. The molecule has 0 amide bonds. The molecule has 0 radical (unpaired) electrons. The number of Topliss-reactive ketones (excluding diaryl/α,β-unsaturated/α-hetero) is 1. The smallest absolute Gasteiger partial charge is 0.236 e. The molecule has 22 heavy (non-hydrogen) atoms. The Morgan fingerprint density at radius 1 is 1.32 bits per heavy atom. The lowest BCUT2D eigenvalue weighted by molar-refractivity contribution is -0.137. The molecule has 1 aromatic heterocycles. The number of ketones is 1. The average molecular weight is 362 g/mol. The zero-order chi connectivity index (χ0) is 16.2. The predicted octanol–water partition coefficient (Wildman–Crippen LogP) is 4.17. The Bertz CT molecular complexity index is 610. The molecule has 0 saturated heterocycles. The summed E-state index contributed by atoms with van der Waals surface area (Å²) in [5, 5.41) is 0.587. The first-order valence-electron chi connectivity index (χ1n) is 6.56. The molecule has 2 aromatic rings. The van der Waals surface area contributed by atoms with Crippen LogP contribution in [-0.2, 0) is 4.79 Å². The Balaban J connectivity index is 2.31. The van der Waals surface area contributed by atoms with Crippen LogP contribution < -0.4 is 4.74 Å². The number of halogens is 3. The highest BCUT2D eigenvalue weighted by molar-refractivity contribution is 6.30. The topological polar surface area (TPSA) is 44.1 Å². The highest BCUT2D eigenvalue weighted by Crippen LogP contribution is 2.30. The van der Waals surface area contributed by atoms with Crippen LogP contribution in [-0.4, -0.2) is 27.1 Å². The maximum Gasteiger partial charge on any atom is 0.236 e. The monoisotopic (exact) mass is 360 g/mol. The van der Waals surface area contributed by atoms with E-state index in [1.165, 1.54) is 6.33 Å². The molecular formula is C15H15Cl3N2O2. The van der Waals surface area contributed by atoms with Gasteiger partial charge in [0.25, 0.3) is 0 Å². The van der Waals surface area contributed by atoms with E-state index in [1.54, 1.807) is 48.1 Å². The van der Waals surface area contributed by atoms with Gasteiger partial charge in [0.1, 0.15) is 5.75 Å². The van der Waals surface area contributed by atoms with Gasteiger partial charge in [0.05, 0.1) is 11.7 Å². The largest absolute Gasteiger partial charge is 0.463 e. The Labute approximate surface area is 144 Å². The molecule has 1 heterocycles. The van der Waals surface area contributed by atoms with Crippen LogP contribution in [0.3, 0.4) is 0 Å². The van der Waals surface area contributed by atoms with E-state index >= 15 is 0 Å². The Morgan fingerprint density at radius 2 is 1.95 bits per heavy atom. The summed E-state index contributed by atoms with van der Waals surface area (Å²) in [5.41, 5.74) is -0.898. The van der Waals surface area contributed by atoms with Crippen molar-refractivity contribution in [2.75, 3.05) is 11.8 Å². The van der Waals surface area contributed by atoms with Crippen molar-refractivity contribution in [2.45, 2.75) is 13.2 Å². The molecule has 2 rings (SSSR count). The van der Waals surface area contributed by atoms with Crippen LogP contribution in [0.4, 0.5) is 0 Å². The van der Waals surface area contributed by atoms with Crippen LogP contribution in [0.2, 0.25) is 5.02 Å². The highest BCUT2D eigenvalue weighted by atomic mass is 35.5. The van der Waals surface area contributed by atoms with Crippen LogP contribution in [0, 0.1) is 5.41 Å². The number of alkyl halides is 2. The number of nitrogens with zero attached hydrogens (tertiary/aromatic N) is 2. The molecule has 0 N–H and O–H groups in total. The van der Waals surface area contributed by atoms with Crippen molar-refractivity contribution in [2.24, 2.45) is 5.41 Å². The lowest BCUT2D eigenvalue weighted by atomic mass is 9.89. The van der Waals surface area contributed by atoms with E-state index < -0.39 is 11.6 Å². The van der Waals surface area contributed by atoms with E-state index in [9.17, 15) is 4.79 Å². The lowest BCUT2D eigenvalue weighted by Gasteiger charge is -2.29. The van der Waals surface area contributed by atoms with Gasteiger partial charge < -0.3 is 4.74 Å². The van der Waals surface area contributed by atoms with Crippen molar-refractivity contribution in [3.8, 4) is 5.75 Å². The number of rotatable bonds is 7. The number of ether oxygens (including phenoxy) is 1. The second-order valence-corrected chi connectivity index (χ2v) is 6.10. The minimum Gasteiger partial charge on any atom is -0.463 e. The molecule has 0 spiro atoms. The molecule has 4 nitrogen and oxygen atoms in total. The maximum absolute atomic E-state index is 12.8. The summed E-state index contributed by atoms with van der Waals surface area (Å²) >= 11 is 17.7. The Kier molecular flexibility index (Phi) is 5.73. The SMILES string of the molecule is CC(CCl)(CCl)C(=O)C(Oc1ccc(Cl)cc1)n1ccnc1. The normalized spacial score (nSPS) is 12.9. The summed E-state index contributed by atoms with van der Waals surface area (Å²) in [6.07, 6.45) is 3.85. The van der Waals surface area contributed by atoms with Gasteiger partial charge in [0.15, 0.2) is 0 Å². The third kappa shape index (κ3) is 3.75. The molecule has 0 saturated carbocycles. The maximum atomic E-state index is 12.8. The standard InChI is InChI=1S/C15H15Cl3N2O2/c1-15(8-16,9-17)13(21)14(20-7-6-19-10-20)22-12-4-2-11(18)3-5-12/h2-7,10,14H,8-9H2,1H3. The summed E-state index contributed by atoms with van der Waals surface area (Å²) in [7, 11) is 0. The molecule has 0 aliphatic heterocycles. The van der Waals surface area contributed by atoms with Crippen LogP contribution in [0.1, 0.15) is 13.2 Å². The van der Waals surface area contributed by atoms with E-state index in [2.05, 4.69) is 4.98 Å². The van der Waals surface area contributed by atoms with E-state index in [0.29, 0.717) is 10.8 Å². The first-order chi connectivity index (χ1) is 10.5. The van der Waals surface area contributed by atoms with Crippen molar-refractivity contribution < 1.29 is 9.53 Å². The third-order valence-corrected chi connectivity index (χ3v) is 4.70. The van der Waals surface area contributed by atoms with Gasteiger partial charge in [-0.1, -0.05) is 18.5 Å². The molecule has 0 fully saturated rings. The molecule has 0 bridgehead atoms.